The Labute approximate surface area is 381 Å². The van der Waals surface area contributed by atoms with Gasteiger partial charge in [-0.05, 0) is 94.3 Å². The van der Waals surface area contributed by atoms with Crippen molar-refractivity contribution in [3.8, 4) is 0 Å². The SMILES string of the molecule is C=Cc1ccccc1.CC(C)(Br)C(=O)OCCN1C(=O)[C@@H]2C3C=CC(C3)[C@@H]2C1=O.CC(C)(CC(Br)c1ccccc1)C(=O)OCCN1C(=O)[C@@H]2C3C=CC(C3)[C@@H]2C1=O.CSC. The molecule has 2 aromatic rings. The summed E-state index contributed by atoms with van der Waals surface area (Å²) in [6, 6.07) is 20.0. The van der Waals surface area contributed by atoms with Gasteiger partial charge in [-0.3, -0.25) is 38.6 Å². The van der Waals surface area contributed by atoms with Gasteiger partial charge in [-0.1, -0.05) is 129 Å². The Hall–Kier alpha value is -3.81. The van der Waals surface area contributed by atoms with Gasteiger partial charge < -0.3 is 9.47 Å². The number of esters is 2. The first-order chi connectivity index (χ1) is 28.9. The Morgan fingerprint density at radius 3 is 1.41 bits per heavy atom. The van der Waals surface area contributed by atoms with Crippen molar-refractivity contribution >= 4 is 85.3 Å². The molecule has 10 nitrogen and oxygen atoms in total. The van der Waals surface area contributed by atoms with Gasteiger partial charge in [0.05, 0.1) is 42.2 Å². The summed E-state index contributed by atoms with van der Waals surface area (Å²) >= 11 is 8.63. The predicted octanol–water partition coefficient (Wildman–Crippen LogP) is 8.71. The van der Waals surface area contributed by atoms with Gasteiger partial charge in [-0.2, -0.15) is 11.8 Å². The molecule has 8 rings (SSSR count). The van der Waals surface area contributed by atoms with Gasteiger partial charge in [0.1, 0.15) is 17.5 Å². The highest BCUT2D eigenvalue weighted by molar-refractivity contribution is 9.10. The molecular formula is C48H58Br2N2O8S. The Bertz CT molecular complexity index is 1920. The van der Waals surface area contributed by atoms with Crippen LogP contribution in [0.4, 0.5) is 0 Å². The fourth-order valence-corrected chi connectivity index (χ4v) is 10.3. The number of rotatable bonds is 12. The van der Waals surface area contributed by atoms with Gasteiger partial charge in [-0.15, -0.1) is 0 Å². The van der Waals surface area contributed by atoms with Crippen LogP contribution in [0.2, 0.25) is 0 Å². The molecule has 0 radical (unpaired) electrons. The molecule has 2 aliphatic heterocycles. The lowest BCUT2D eigenvalue weighted by Crippen LogP contribution is -2.37. The van der Waals surface area contributed by atoms with Crippen LogP contribution in [0.15, 0.2) is 91.5 Å². The van der Waals surface area contributed by atoms with E-state index in [0.29, 0.717) is 6.42 Å². The van der Waals surface area contributed by atoms with Crippen molar-refractivity contribution in [2.75, 3.05) is 38.8 Å². The van der Waals surface area contributed by atoms with Crippen molar-refractivity contribution < 1.29 is 38.2 Å². The zero-order valence-corrected chi connectivity index (χ0v) is 39.8. The summed E-state index contributed by atoms with van der Waals surface area (Å²) in [7, 11) is 0. The number of ether oxygens (including phenoxy) is 2. The monoisotopic (exact) mass is 980 g/mol. The van der Waals surface area contributed by atoms with Crippen LogP contribution in [0.3, 0.4) is 0 Å². The minimum absolute atomic E-state index is 0.0373. The van der Waals surface area contributed by atoms with Crippen LogP contribution >= 0.6 is 43.6 Å². The number of benzene rings is 2. The number of thioether (sulfide) groups is 1. The summed E-state index contributed by atoms with van der Waals surface area (Å²) in [5.41, 5.74) is 1.59. The van der Waals surface area contributed by atoms with E-state index in [-0.39, 0.29) is 108 Å². The maximum atomic E-state index is 12.7. The number of imide groups is 2. The Morgan fingerprint density at radius 1 is 0.705 bits per heavy atom. The van der Waals surface area contributed by atoms with Crippen LogP contribution < -0.4 is 0 Å². The van der Waals surface area contributed by atoms with Crippen LogP contribution in [-0.2, 0) is 38.2 Å². The minimum atomic E-state index is -0.758. The van der Waals surface area contributed by atoms with Crippen molar-refractivity contribution in [1.82, 2.24) is 9.80 Å². The van der Waals surface area contributed by atoms with E-state index in [4.69, 9.17) is 9.47 Å². The molecule has 13 heteroatoms. The maximum Gasteiger partial charge on any atom is 0.322 e. The number of halogens is 2. The van der Waals surface area contributed by atoms with Crippen LogP contribution in [0.25, 0.3) is 6.08 Å². The zero-order valence-electron chi connectivity index (χ0n) is 35.8. The number of likely N-dealkylation sites (tertiary alicyclic amines) is 2. The molecule has 2 saturated carbocycles. The van der Waals surface area contributed by atoms with Crippen molar-refractivity contribution in [2.45, 2.75) is 56.1 Å². The van der Waals surface area contributed by atoms with Gasteiger partial charge >= 0.3 is 11.9 Å². The first-order valence-electron chi connectivity index (χ1n) is 20.8. The molecule has 61 heavy (non-hydrogen) atoms. The third-order valence-electron chi connectivity index (χ3n) is 12.1. The van der Waals surface area contributed by atoms with Crippen molar-refractivity contribution in [3.05, 3.63) is 103 Å². The molecule has 6 aliphatic rings. The Kier molecular flexibility index (Phi) is 16.6. The lowest BCUT2D eigenvalue weighted by Gasteiger charge is -2.26. The molecule has 0 spiro atoms. The number of amides is 4. The average molecular weight is 983 g/mol. The normalized spacial score (nSPS) is 26.7. The van der Waals surface area contributed by atoms with Gasteiger partial charge in [0.2, 0.25) is 23.6 Å². The van der Waals surface area contributed by atoms with Gasteiger partial charge in [0, 0.05) is 4.83 Å². The van der Waals surface area contributed by atoms with Gasteiger partial charge in [-0.25, -0.2) is 0 Å². The smallest absolute Gasteiger partial charge is 0.322 e. The highest BCUT2D eigenvalue weighted by Crippen LogP contribution is 2.53. The molecule has 4 amide bonds. The standard InChI is InChI=1S/C23H26BrNO4.C15H18BrNO4.C8H8.C2H6S/c1-23(2,13-17(24)14-6-4-3-5-7-14)22(28)29-11-10-25-20(26)18-15-8-9-16(12-15)19(18)21(25)27;1-15(2,16)14(20)21-6-5-17-12(18)10-8-3-4-9(7-8)11(10)13(17)19;1-2-8-6-4-3-5-7-8;1-3-2/h3-9,15-19H,10-13H2,1-2H3;3-4,8-11H,5-7H2,1-2H3;2-7H,1H2;1-2H3/t15?,16?,17?,18-,19+;8?,9?,10-,11+;;. The first kappa shape index (κ1) is 48.2. The van der Waals surface area contributed by atoms with Crippen LogP contribution in [-0.4, -0.2) is 88.5 Å². The number of carbonyl (C=O) groups is 6. The van der Waals surface area contributed by atoms with E-state index in [2.05, 4.69) is 62.7 Å². The van der Waals surface area contributed by atoms with Crippen LogP contribution in [0.5, 0.6) is 0 Å². The molecule has 328 valence electrons. The number of carbonyl (C=O) groups excluding carboxylic acids is 6. The third-order valence-corrected chi connectivity index (χ3v) is 13.3. The molecule has 4 fully saturated rings. The zero-order chi connectivity index (χ0) is 44.6. The minimum Gasteiger partial charge on any atom is -0.463 e. The largest absolute Gasteiger partial charge is 0.463 e. The molecule has 2 aromatic carbocycles. The highest BCUT2D eigenvalue weighted by atomic mass is 79.9. The Balaban J connectivity index is 0.000000191. The van der Waals surface area contributed by atoms with E-state index in [1.807, 2.05) is 93.1 Å². The van der Waals surface area contributed by atoms with E-state index in [9.17, 15) is 28.8 Å². The predicted molar refractivity (Wildman–Crippen MR) is 246 cm³/mol. The summed E-state index contributed by atoms with van der Waals surface area (Å²) < 4.78 is 9.82. The second-order valence-corrected chi connectivity index (χ2v) is 21.3. The quantitative estimate of drug-likeness (QED) is 0.0889. The van der Waals surface area contributed by atoms with Gasteiger partial charge in [0.15, 0.2) is 0 Å². The number of hydrogen-bond acceptors (Lipinski definition) is 9. The summed E-state index contributed by atoms with van der Waals surface area (Å²) in [6.07, 6.45) is 16.6. The molecule has 2 heterocycles. The average Bonchev–Trinajstić information content (AvgIpc) is 4.11. The molecule has 0 N–H and O–H groups in total. The molecule has 4 aliphatic carbocycles. The summed E-state index contributed by atoms with van der Waals surface area (Å²) in [4.78, 5) is 77.0. The fourth-order valence-electron chi connectivity index (χ4n) is 9.10. The van der Waals surface area contributed by atoms with E-state index >= 15 is 0 Å². The molecule has 5 unspecified atom stereocenters. The number of hydrogen-bond donors (Lipinski definition) is 0. The lowest BCUT2D eigenvalue weighted by atomic mass is 9.85. The van der Waals surface area contributed by atoms with E-state index < -0.39 is 15.7 Å². The number of allylic oxidation sites excluding steroid dienone is 4. The first-order valence-corrected chi connectivity index (χ1v) is 24.2. The topological polar surface area (TPSA) is 127 Å². The highest BCUT2D eigenvalue weighted by Gasteiger charge is 2.60. The second-order valence-electron chi connectivity index (χ2n) is 17.4. The molecule has 9 atom stereocenters. The lowest BCUT2D eigenvalue weighted by molar-refractivity contribution is -0.157. The number of fused-ring (bicyclic) bond motifs is 10. The number of nitrogens with zero attached hydrogens (tertiary/aromatic N) is 2. The van der Waals surface area contributed by atoms with Gasteiger partial charge in [0.25, 0.3) is 0 Å². The fraction of sp³-hybridized carbons (Fsp3) is 0.500. The molecule has 4 bridgehead atoms. The molecule has 0 aromatic heterocycles. The third kappa shape index (κ3) is 11.2. The second kappa shape index (κ2) is 21.0. The van der Waals surface area contributed by atoms with Crippen LogP contribution in [0, 0.1) is 52.8 Å². The summed E-state index contributed by atoms with van der Waals surface area (Å²) in [5.74, 6) is -1.08. The van der Waals surface area contributed by atoms with Crippen molar-refractivity contribution in [3.63, 3.8) is 0 Å². The summed E-state index contributed by atoms with van der Waals surface area (Å²) in [6.45, 7) is 11.1. The van der Waals surface area contributed by atoms with Crippen molar-refractivity contribution in [2.24, 2.45) is 52.8 Å². The van der Waals surface area contributed by atoms with E-state index in [1.165, 1.54) is 15.4 Å². The summed E-state index contributed by atoms with van der Waals surface area (Å²) in [5, 5.41) is 0. The Morgan fingerprint density at radius 2 is 1.07 bits per heavy atom. The maximum absolute atomic E-state index is 12.7. The van der Waals surface area contributed by atoms with E-state index in [0.717, 1.165) is 18.4 Å². The van der Waals surface area contributed by atoms with Crippen molar-refractivity contribution in [1.29, 1.82) is 0 Å². The van der Waals surface area contributed by atoms with E-state index in [1.54, 1.807) is 25.6 Å². The number of alkyl halides is 2. The molecular weight excluding hydrogens is 924 g/mol. The van der Waals surface area contributed by atoms with Crippen LogP contribution in [0.1, 0.15) is 62.9 Å². The molecule has 2 saturated heterocycles.